The largest absolute Gasteiger partial charge is 0.324 e. The third-order valence-corrected chi connectivity index (χ3v) is 8.44. The van der Waals surface area contributed by atoms with E-state index in [-0.39, 0.29) is 16.7 Å². The van der Waals surface area contributed by atoms with Gasteiger partial charge in [-0.2, -0.15) is 4.31 Å². The summed E-state index contributed by atoms with van der Waals surface area (Å²) in [6.07, 6.45) is 0.345. The van der Waals surface area contributed by atoms with Crippen LogP contribution in [0.3, 0.4) is 0 Å². The van der Waals surface area contributed by atoms with Gasteiger partial charge in [0, 0.05) is 12.2 Å². The number of rotatable bonds is 4. The van der Waals surface area contributed by atoms with Gasteiger partial charge in [0.15, 0.2) is 0 Å². The van der Waals surface area contributed by atoms with Gasteiger partial charge in [0.1, 0.15) is 10.3 Å². The van der Waals surface area contributed by atoms with Crippen LogP contribution in [0.4, 0.5) is 5.69 Å². The summed E-state index contributed by atoms with van der Waals surface area (Å²) >= 11 is 1.17. The lowest BCUT2D eigenvalue weighted by Crippen LogP contribution is -2.50. The molecule has 2 aromatic carbocycles. The van der Waals surface area contributed by atoms with Crippen molar-refractivity contribution < 1.29 is 13.2 Å². The molecule has 0 spiro atoms. The second-order valence-electron chi connectivity index (χ2n) is 7.28. The van der Waals surface area contributed by atoms with Gasteiger partial charge in [-0.25, -0.2) is 8.42 Å². The molecule has 7 heteroatoms. The van der Waals surface area contributed by atoms with Crippen LogP contribution in [0, 0.1) is 13.8 Å². The highest BCUT2D eigenvalue weighted by atomic mass is 32.2. The standard InChI is InChI=1S/C22H22N2O3S2/c1-15-9-10-16(2)19(12-15)23-22(25)20-13-17-6-3-4-7-18(17)14-24(20)29(26,27)21-8-5-11-28-21/h3-12,20H,13-14H2,1-2H3,(H,23,25). The number of carbonyl (C=O) groups excluding carboxylic acids is 1. The first kappa shape index (κ1) is 19.8. The van der Waals surface area contributed by atoms with Gasteiger partial charge in [0.2, 0.25) is 5.91 Å². The van der Waals surface area contributed by atoms with Crippen LogP contribution < -0.4 is 5.32 Å². The first-order valence-corrected chi connectivity index (χ1v) is 11.7. The molecule has 0 aliphatic carbocycles. The van der Waals surface area contributed by atoms with Crippen molar-refractivity contribution in [2.45, 2.75) is 37.1 Å². The molecule has 1 aliphatic heterocycles. The molecule has 150 valence electrons. The van der Waals surface area contributed by atoms with Crippen molar-refractivity contribution in [1.82, 2.24) is 4.31 Å². The van der Waals surface area contributed by atoms with Gasteiger partial charge in [0.05, 0.1) is 0 Å². The zero-order chi connectivity index (χ0) is 20.6. The normalized spacial score (nSPS) is 17.0. The molecule has 0 fully saturated rings. The number of aryl methyl sites for hydroxylation is 2. The van der Waals surface area contributed by atoms with Crippen molar-refractivity contribution in [2.24, 2.45) is 0 Å². The molecule has 1 unspecified atom stereocenters. The van der Waals surface area contributed by atoms with Crippen molar-refractivity contribution in [1.29, 1.82) is 0 Å². The van der Waals surface area contributed by atoms with Gasteiger partial charge in [-0.1, -0.05) is 42.5 Å². The molecule has 1 aromatic heterocycles. The SMILES string of the molecule is Cc1ccc(C)c(NC(=O)C2Cc3ccccc3CN2S(=O)(=O)c2cccs2)c1. The molecular weight excluding hydrogens is 404 g/mol. The van der Waals surface area contributed by atoms with Gasteiger partial charge in [-0.15, -0.1) is 11.3 Å². The number of benzene rings is 2. The van der Waals surface area contributed by atoms with Gasteiger partial charge in [0.25, 0.3) is 10.0 Å². The van der Waals surface area contributed by atoms with Gasteiger partial charge < -0.3 is 5.32 Å². The van der Waals surface area contributed by atoms with Crippen molar-refractivity contribution in [3.05, 3.63) is 82.2 Å². The van der Waals surface area contributed by atoms with E-state index in [1.54, 1.807) is 17.5 Å². The van der Waals surface area contributed by atoms with Crippen molar-refractivity contribution >= 4 is 33.0 Å². The molecule has 1 amide bonds. The summed E-state index contributed by atoms with van der Waals surface area (Å²) in [7, 11) is -3.78. The van der Waals surface area contributed by atoms with Crippen molar-refractivity contribution in [3.63, 3.8) is 0 Å². The number of anilines is 1. The fraction of sp³-hybridized carbons (Fsp3) is 0.227. The predicted octanol–water partition coefficient (Wildman–Crippen LogP) is 4.12. The van der Waals surface area contributed by atoms with Crippen LogP contribution in [0.1, 0.15) is 22.3 Å². The highest BCUT2D eigenvalue weighted by Crippen LogP contribution is 2.31. The van der Waals surface area contributed by atoms with E-state index in [4.69, 9.17) is 0 Å². The van der Waals surface area contributed by atoms with E-state index in [9.17, 15) is 13.2 Å². The lowest BCUT2D eigenvalue weighted by molar-refractivity contribution is -0.120. The number of hydrogen-bond donors (Lipinski definition) is 1. The number of fused-ring (bicyclic) bond motifs is 1. The quantitative estimate of drug-likeness (QED) is 0.682. The van der Waals surface area contributed by atoms with E-state index in [0.717, 1.165) is 22.3 Å². The second-order valence-corrected chi connectivity index (χ2v) is 10.3. The Morgan fingerprint density at radius 3 is 2.55 bits per heavy atom. The van der Waals surface area contributed by atoms with E-state index < -0.39 is 16.1 Å². The summed E-state index contributed by atoms with van der Waals surface area (Å²) in [5.41, 5.74) is 4.62. The average Bonchev–Trinajstić information content (AvgIpc) is 3.25. The molecule has 5 nitrogen and oxygen atoms in total. The minimum absolute atomic E-state index is 0.182. The summed E-state index contributed by atoms with van der Waals surface area (Å²) in [6, 6.07) is 16.0. The molecule has 0 saturated carbocycles. The first-order chi connectivity index (χ1) is 13.9. The monoisotopic (exact) mass is 426 g/mol. The summed E-state index contributed by atoms with van der Waals surface area (Å²) < 4.78 is 28.2. The number of hydrogen-bond acceptors (Lipinski definition) is 4. The van der Waals surface area contributed by atoms with E-state index in [1.165, 1.54) is 15.6 Å². The van der Waals surface area contributed by atoms with E-state index in [1.807, 2.05) is 56.3 Å². The molecule has 4 rings (SSSR count). The van der Waals surface area contributed by atoms with Crippen LogP contribution in [-0.4, -0.2) is 24.7 Å². The molecule has 29 heavy (non-hydrogen) atoms. The zero-order valence-electron chi connectivity index (χ0n) is 16.3. The molecule has 1 atom stereocenters. The van der Waals surface area contributed by atoms with Gasteiger partial charge in [-0.3, -0.25) is 4.79 Å². The van der Waals surface area contributed by atoms with E-state index in [0.29, 0.717) is 12.1 Å². The van der Waals surface area contributed by atoms with E-state index in [2.05, 4.69) is 5.32 Å². The van der Waals surface area contributed by atoms with Crippen LogP contribution in [-0.2, 0) is 27.8 Å². The number of amides is 1. The Bertz CT molecular complexity index is 1150. The molecule has 3 aromatic rings. The minimum atomic E-state index is -3.78. The second kappa shape index (κ2) is 7.74. The average molecular weight is 427 g/mol. The fourth-order valence-corrected chi connectivity index (χ4v) is 6.27. The Labute approximate surface area is 175 Å². The Hall–Kier alpha value is -2.48. The van der Waals surface area contributed by atoms with Crippen LogP contribution in [0.5, 0.6) is 0 Å². The summed E-state index contributed by atoms with van der Waals surface area (Å²) in [5, 5.41) is 4.69. The Kier molecular flexibility index (Phi) is 5.29. The smallest absolute Gasteiger partial charge is 0.253 e. The molecule has 2 heterocycles. The van der Waals surface area contributed by atoms with Crippen LogP contribution >= 0.6 is 11.3 Å². The third kappa shape index (κ3) is 3.85. The molecular formula is C22H22N2O3S2. The number of sulfonamides is 1. The van der Waals surface area contributed by atoms with E-state index >= 15 is 0 Å². The summed E-state index contributed by atoms with van der Waals surface area (Å²) in [5.74, 6) is -0.312. The minimum Gasteiger partial charge on any atom is -0.324 e. The summed E-state index contributed by atoms with van der Waals surface area (Å²) in [4.78, 5) is 13.3. The van der Waals surface area contributed by atoms with Crippen molar-refractivity contribution in [3.8, 4) is 0 Å². The maximum Gasteiger partial charge on any atom is 0.253 e. The maximum absolute atomic E-state index is 13.3. The highest BCUT2D eigenvalue weighted by molar-refractivity contribution is 7.91. The number of nitrogens with zero attached hydrogens (tertiary/aromatic N) is 1. The molecule has 1 aliphatic rings. The Morgan fingerprint density at radius 2 is 1.83 bits per heavy atom. The Morgan fingerprint density at radius 1 is 1.07 bits per heavy atom. The molecule has 0 saturated heterocycles. The van der Waals surface area contributed by atoms with Crippen molar-refractivity contribution in [2.75, 3.05) is 5.32 Å². The fourth-order valence-electron chi connectivity index (χ4n) is 3.59. The van der Waals surface area contributed by atoms with Crippen LogP contribution in [0.15, 0.2) is 64.2 Å². The maximum atomic E-state index is 13.3. The Balaban J connectivity index is 1.72. The lowest BCUT2D eigenvalue weighted by Gasteiger charge is -2.34. The number of carbonyl (C=O) groups is 1. The lowest BCUT2D eigenvalue weighted by atomic mass is 9.95. The number of nitrogens with one attached hydrogen (secondary N) is 1. The van der Waals surface area contributed by atoms with Gasteiger partial charge in [-0.05, 0) is 60.0 Å². The van der Waals surface area contributed by atoms with Crippen LogP contribution in [0.25, 0.3) is 0 Å². The molecule has 1 N–H and O–H groups in total. The zero-order valence-corrected chi connectivity index (χ0v) is 17.9. The first-order valence-electron chi connectivity index (χ1n) is 9.36. The summed E-state index contributed by atoms with van der Waals surface area (Å²) in [6.45, 7) is 4.06. The van der Waals surface area contributed by atoms with Crippen LogP contribution in [0.2, 0.25) is 0 Å². The highest BCUT2D eigenvalue weighted by Gasteiger charge is 2.40. The van der Waals surface area contributed by atoms with Gasteiger partial charge >= 0.3 is 0 Å². The number of thiophene rings is 1. The third-order valence-electron chi connectivity index (χ3n) is 5.22. The topological polar surface area (TPSA) is 66.5 Å². The molecule has 0 radical (unpaired) electrons. The molecule has 0 bridgehead atoms. The predicted molar refractivity (Wildman–Crippen MR) is 116 cm³/mol.